The second-order valence-corrected chi connectivity index (χ2v) is 7.05. The Hall–Kier alpha value is -1.12. The molecule has 1 atom stereocenters. The van der Waals surface area contributed by atoms with Gasteiger partial charge in [-0.15, -0.1) is 11.3 Å². The van der Waals surface area contributed by atoms with Crippen LogP contribution in [0.15, 0.2) is 36.4 Å². The lowest BCUT2D eigenvalue weighted by Gasteiger charge is -2.28. The average Bonchev–Trinajstić information content (AvgIpc) is 2.84. The summed E-state index contributed by atoms with van der Waals surface area (Å²) in [6.45, 7) is 2.19. The number of aliphatic hydroxyl groups is 1. The summed E-state index contributed by atoms with van der Waals surface area (Å²) in [6, 6.07) is 12.8. The van der Waals surface area contributed by atoms with Gasteiger partial charge in [0, 0.05) is 16.2 Å². The molecule has 0 saturated carbocycles. The Bertz CT molecular complexity index is 587. The van der Waals surface area contributed by atoms with E-state index in [1.807, 2.05) is 11.3 Å². The SMILES string of the molecule is CCc1ccc(CC2(O)CCCCc3ccccc32)s1. The Morgan fingerprint density at radius 3 is 2.70 bits per heavy atom. The fourth-order valence-corrected chi connectivity index (χ4v) is 4.30. The molecule has 3 rings (SSSR count). The van der Waals surface area contributed by atoms with Gasteiger partial charge in [-0.05, 0) is 55.4 Å². The number of aryl methyl sites for hydroxylation is 2. The number of thiophene rings is 1. The standard InChI is InChI=1S/C18H22OS/c1-2-15-10-11-16(20-15)13-18(19)12-6-5-8-14-7-3-4-9-17(14)18/h3-4,7,9-11,19H,2,5-6,8,12-13H2,1H3. The van der Waals surface area contributed by atoms with Crippen molar-refractivity contribution in [3.63, 3.8) is 0 Å². The van der Waals surface area contributed by atoms with Crippen molar-refractivity contribution >= 4 is 11.3 Å². The molecular formula is C18H22OS. The van der Waals surface area contributed by atoms with E-state index in [9.17, 15) is 5.11 Å². The highest BCUT2D eigenvalue weighted by Gasteiger charge is 2.33. The summed E-state index contributed by atoms with van der Waals surface area (Å²) in [6.07, 6.45) is 6.11. The number of hydrogen-bond donors (Lipinski definition) is 1. The van der Waals surface area contributed by atoms with Crippen LogP contribution in [0.25, 0.3) is 0 Å². The third-order valence-electron chi connectivity index (χ3n) is 4.34. The van der Waals surface area contributed by atoms with E-state index >= 15 is 0 Å². The van der Waals surface area contributed by atoms with Crippen LogP contribution in [-0.2, 0) is 24.9 Å². The van der Waals surface area contributed by atoms with Gasteiger partial charge < -0.3 is 5.11 Å². The predicted octanol–water partition coefficient (Wildman–Crippen LogP) is 4.47. The average molecular weight is 286 g/mol. The normalized spacial score (nSPS) is 22.3. The van der Waals surface area contributed by atoms with Gasteiger partial charge in [-0.3, -0.25) is 0 Å². The van der Waals surface area contributed by atoms with Gasteiger partial charge in [0.2, 0.25) is 0 Å². The van der Waals surface area contributed by atoms with E-state index < -0.39 is 5.60 Å². The molecule has 1 aliphatic rings. The van der Waals surface area contributed by atoms with Gasteiger partial charge >= 0.3 is 0 Å². The minimum Gasteiger partial charge on any atom is -0.385 e. The molecule has 1 heterocycles. The number of rotatable bonds is 3. The minimum atomic E-state index is -0.678. The van der Waals surface area contributed by atoms with Crippen LogP contribution in [0, 0.1) is 0 Å². The summed E-state index contributed by atoms with van der Waals surface area (Å²) in [5.41, 5.74) is 1.81. The van der Waals surface area contributed by atoms with Crippen LogP contribution >= 0.6 is 11.3 Å². The minimum absolute atomic E-state index is 0.678. The van der Waals surface area contributed by atoms with Crippen molar-refractivity contribution in [2.24, 2.45) is 0 Å². The second kappa shape index (κ2) is 5.71. The Labute approximate surface area is 125 Å². The molecule has 1 N–H and O–H groups in total. The zero-order valence-electron chi connectivity index (χ0n) is 12.1. The summed E-state index contributed by atoms with van der Waals surface area (Å²) >= 11 is 1.85. The lowest BCUT2D eigenvalue weighted by Crippen LogP contribution is -2.28. The highest BCUT2D eigenvalue weighted by atomic mass is 32.1. The lowest BCUT2D eigenvalue weighted by molar-refractivity contribution is 0.0280. The van der Waals surface area contributed by atoms with E-state index in [0.29, 0.717) is 0 Å². The van der Waals surface area contributed by atoms with Crippen LogP contribution in [-0.4, -0.2) is 5.11 Å². The highest BCUT2D eigenvalue weighted by molar-refractivity contribution is 7.12. The van der Waals surface area contributed by atoms with Gasteiger partial charge in [0.1, 0.15) is 0 Å². The molecule has 2 heteroatoms. The van der Waals surface area contributed by atoms with Crippen molar-refractivity contribution in [3.05, 3.63) is 57.3 Å². The molecule has 0 bridgehead atoms. The topological polar surface area (TPSA) is 20.2 Å². The van der Waals surface area contributed by atoms with Gasteiger partial charge in [-0.25, -0.2) is 0 Å². The second-order valence-electron chi connectivity index (χ2n) is 5.79. The van der Waals surface area contributed by atoms with Gasteiger partial charge in [0.15, 0.2) is 0 Å². The van der Waals surface area contributed by atoms with Crippen molar-refractivity contribution in [2.45, 2.75) is 51.0 Å². The Morgan fingerprint density at radius 2 is 1.90 bits per heavy atom. The third-order valence-corrected chi connectivity index (χ3v) is 5.57. The first-order valence-electron chi connectivity index (χ1n) is 7.59. The molecule has 0 amide bonds. The maximum Gasteiger partial charge on any atom is 0.0947 e. The van der Waals surface area contributed by atoms with Gasteiger partial charge in [-0.1, -0.05) is 31.2 Å². The Balaban J connectivity index is 1.93. The molecule has 1 aliphatic carbocycles. The van der Waals surface area contributed by atoms with Crippen LogP contribution in [0.4, 0.5) is 0 Å². The smallest absolute Gasteiger partial charge is 0.0947 e. The van der Waals surface area contributed by atoms with E-state index in [0.717, 1.165) is 37.7 Å². The van der Waals surface area contributed by atoms with Crippen LogP contribution in [0.3, 0.4) is 0 Å². The van der Waals surface area contributed by atoms with Crippen molar-refractivity contribution in [3.8, 4) is 0 Å². The molecule has 1 unspecified atom stereocenters. The highest BCUT2D eigenvalue weighted by Crippen LogP contribution is 2.38. The first kappa shape index (κ1) is 13.8. The molecule has 0 aliphatic heterocycles. The van der Waals surface area contributed by atoms with Gasteiger partial charge in [-0.2, -0.15) is 0 Å². The van der Waals surface area contributed by atoms with Gasteiger partial charge in [0.25, 0.3) is 0 Å². The molecule has 1 aromatic heterocycles. The molecule has 0 radical (unpaired) electrons. The van der Waals surface area contributed by atoms with Gasteiger partial charge in [0.05, 0.1) is 5.60 Å². The number of fused-ring (bicyclic) bond motifs is 1. The quantitative estimate of drug-likeness (QED) is 0.826. The fraction of sp³-hybridized carbons (Fsp3) is 0.444. The predicted molar refractivity (Wildman–Crippen MR) is 85.3 cm³/mol. The summed E-state index contributed by atoms with van der Waals surface area (Å²) < 4.78 is 0. The van der Waals surface area contributed by atoms with Crippen LogP contribution in [0.5, 0.6) is 0 Å². The molecule has 1 aromatic carbocycles. The summed E-state index contributed by atoms with van der Waals surface area (Å²) in [7, 11) is 0. The number of benzene rings is 1. The third kappa shape index (κ3) is 2.68. The van der Waals surface area contributed by atoms with Crippen molar-refractivity contribution in [1.82, 2.24) is 0 Å². The fourth-order valence-electron chi connectivity index (χ4n) is 3.24. The van der Waals surface area contributed by atoms with Crippen molar-refractivity contribution in [2.75, 3.05) is 0 Å². The maximum absolute atomic E-state index is 11.2. The van der Waals surface area contributed by atoms with E-state index in [1.54, 1.807) is 0 Å². The zero-order valence-corrected chi connectivity index (χ0v) is 12.9. The molecule has 0 fully saturated rings. The molecule has 0 saturated heterocycles. The first-order chi connectivity index (χ1) is 9.71. The summed E-state index contributed by atoms with van der Waals surface area (Å²) in [5.74, 6) is 0. The molecule has 1 nitrogen and oxygen atoms in total. The first-order valence-corrected chi connectivity index (χ1v) is 8.41. The van der Waals surface area contributed by atoms with E-state index in [4.69, 9.17) is 0 Å². The molecular weight excluding hydrogens is 264 g/mol. The monoisotopic (exact) mass is 286 g/mol. The molecule has 0 spiro atoms. The maximum atomic E-state index is 11.2. The Morgan fingerprint density at radius 1 is 1.10 bits per heavy atom. The van der Waals surface area contributed by atoms with Crippen LogP contribution < -0.4 is 0 Å². The van der Waals surface area contributed by atoms with Crippen LogP contribution in [0.2, 0.25) is 0 Å². The van der Waals surface area contributed by atoms with E-state index in [-0.39, 0.29) is 0 Å². The van der Waals surface area contributed by atoms with E-state index in [2.05, 4.69) is 43.3 Å². The molecule has 20 heavy (non-hydrogen) atoms. The largest absolute Gasteiger partial charge is 0.385 e. The van der Waals surface area contributed by atoms with Crippen molar-refractivity contribution in [1.29, 1.82) is 0 Å². The lowest BCUT2D eigenvalue weighted by atomic mass is 9.85. The van der Waals surface area contributed by atoms with Crippen molar-refractivity contribution < 1.29 is 5.11 Å². The molecule has 106 valence electrons. The zero-order chi connectivity index (χ0) is 14.0. The molecule has 2 aromatic rings. The van der Waals surface area contributed by atoms with E-state index in [1.165, 1.54) is 21.7 Å². The number of hydrogen-bond acceptors (Lipinski definition) is 2. The van der Waals surface area contributed by atoms with Crippen LogP contribution in [0.1, 0.15) is 47.1 Å². The summed E-state index contributed by atoms with van der Waals surface area (Å²) in [5, 5.41) is 11.2. The Kier molecular flexibility index (Phi) is 3.95. The summed E-state index contributed by atoms with van der Waals surface area (Å²) in [4.78, 5) is 2.71.